The summed E-state index contributed by atoms with van der Waals surface area (Å²) in [5.41, 5.74) is 0. The Hall–Kier alpha value is -0.780. The van der Waals surface area contributed by atoms with Crippen molar-refractivity contribution in [3.05, 3.63) is 23.2 Å². The van der Waals surface area contributed by atoms with Crippen molar-refractivity contribution in [3.8, 4) is 5.75 Å². The molecule has 0 N–H and O–H groups in total. The van der Waals surface area contributed by atoms with Crippen molar-refractivity contribution in [1.29, 1.82) is 0 Å². The van der Waals surface area contributed by atoms with Gasteiger partial charge >= 0.3 is 0 Å². The summed E-state index contributed by atoms with van der Waals surface area (Å²) >= 11 is 6.05. The van der Waals surface area contributed by atoms with Crippen LogP contribution in [-0.4, -0.2) is 34.0 Å². The Morgan fingerprint density at radius 1 is 1.26 bits per heavy atom. The first-order valence-electron chi connectivity index (χ1n) is 6.09. The van der Waals surface area contributed by atoms with Crippen molar-refractivity contribution in [1.82, 2.24) is 0 Å². The summed E-state index contributed by atoms with van der Waals surface area (Å²) in [6.07, 6.45) is 1.94. The molecule has 1 aliphatic rings. The predicted molar refractivity (Wildman–Crippen MR) is 73.6 cm³/mol. The van der Waals surface area contributed by atoms with E-state index in [0.29, 0.717) is 18.6 Å². The topological polar surface area (TPSA) is 52.6 Å². The molecule has 1 saturated carbocycles. The zero-order valence-corrected chi connectivity index (χ0v) is 12.5. The Morgan fingerprint density at radius 3 is 2.53 bits per heavy atom. The number of hydrogen-bond donors (Lipinski definition) is 0. The number of methoxy groups -OCH3 is 2. The summed E-state index contributed by atoms with van der Waals surface area (Å²) in [5.74, 6) is 0.546. The quantitative estimate of drug-likeness (QED) is 0.858. The molecule has 6 heteroatoms. The highest BCUT2D eigenvalue weighted by atomic mass is 35.5. The number of ether oxygens (including phenoxy) is 2. The first-order valence-corrected chi connectivity index (χ1v) is 8.01. The highest BCUT2D eigenvalue weighted by molar-refractivity contribution is 7.92. The third-order valence-corrected chi connectivity index (χ3v) is 6.25. The van der Waals surface area contributed by atoms with Gasteiger partial charge in [-0.1, -0.05) is 11.6 Å². The van der Waals surface area contributed by atoms with E-state index in [4.69, 9.17) is 21.1 Å². The molecule has 1 fully saturated rings. The van der Waals surface area contributed by atoms with E-state index >= 15 is 0 Å². The number of rotatable bonds is 4. The lowest BCUT2D eigenvalue weighted by atomic mass is 10.3. The fraction of sp³-hybridized carbons (Fsp3) is 0.538. The lowest BCUT2D eigenvalue weighted by Gasteiger charge is -2.14. The molecule has 0 spiro atoms. The van der Waals surface area contributed by atoms with E-state index in [0.717, 1.165) is 6.42 Å². The van der Waals surface area contributed by atoms with Crippen molar-refractivity contribution in [2.45, 2.75) is 35.5 Å². The van der Waals surface area contributed by atoms with Crippen molar-refractivity contribution < 1.29 is 17.9 Å². The van der Waals surface area contributed by atoms with Gasteiger partial charge in [-0.15, -0.1) is 0 Å². The molecule has 1 aliphatic carbocycles. The van der Waals surface area contributed by atoms with E-state index in [9.17, 15) is 8.42 Å². The van der Waals surface area contributed by atoms with Crippen LogP contribution in [0.4, 0.5) is 0 Å². The molecule has 0 heterocycles. The van der Waals surface area contributed by atoms with Crippen LogP contribution in [0.5, 0.6) is 5.75 Å². The van der Waals surface area contributed by atoms with Gasteiger partial charge in [0.2, 0.25) is 0 Å². The fourth-order valence-corrected chi connectivity index (χ4v) is 4.77. The van der Waals surface area contributed by atoms with Crippen LogP contribution in [0.25, 0.3) is 0 Å². The largest absolute Gasteiger partial charge is 0.497 e. The van der Waals surface area contributed by atoms with Gasteiger partial charge in [0.05, 0.1) is 28.4 Å². The molecular weight excluding hydrogens is 288 g/mol. The van der Waals surface area contributed by atoms with E-state index in [1.54, 1.807) is 13.2 Å². The molecule has 0 aromatic heterocycles. The van der Waals surface area contributed by atoms with Crippen molar-refractivity contribution in [2.75, 3.05) is 14.2 Å². The van der Waals surface area contributed by atoms with E-state index in [-0.39, 0.29) is 16.0 Å². The minimum Gasteiger partial charge on any atom is -0.497 e. The molecule has 4 nitrogen and oxygen atoms in total. The van der Waals surface area contributed by atoms with E-state index in [1.807, 2.05) is 0 Å². The lowest BCUT2D eigenvalue weighted by molar-refractivity contribution is 0.109. The van der Waals surface area contributed by atoms with Gasteiger partial charge in [-0.2, -0.15) is 0 Å². The first kappa shape index (κ1) is 14.6. The van der Waals surface area contributed by atoms with Crippen LogP contribution in [0.2, 0.25) is 5.02 Å². The third-order valence-electron chi connectivity index (χ3n) is 3.55. The van der Waals surface area contributed by atoms with Gasteiger partial charge in [0, 0.05) is 13.2 Å². The summed E-state index contributed by atoms with van der Waals surface area (Å²) < 4.78 is 35.3. The Balaban J connectivity index is 2.30. The molecule has 0 amide bonds. The third kappa shape index (κ3) is 2.88. The maximum atomic E-state index is 12.5. The second-order valence-corrected chi connectivity index (χ2v) is 7.24. The lowest BCUT2D eigenvalue weighted by Crippen LogP contribution is -2.20. The van der Waals surface area contributed by atoms with E-state index in [1.165, 1.54) is 19.2 Å². The molecule has 1 aromatic rings. The van der Waals surface area contributed by atoms with Gasteiger partial charge < -0.3 is 9.47 Å². The number of sulfone groups is 1. The monoisotopic (exact) mass is 304 g/mol. The first-order chi connectivity index (χ1) is 8.98. The van der Waals surface area contributed by atoms with Gasteiger partial charge in [0.1, 0.15) is 5.75 Å². The normalized spacial score (nSPS) is 23.5. The second-order valence-electron chi connectivity index (χ2n) is 4.63. The molecule has 1 aromatic carbocycles. The number of benzene rings is 1. The van der Waals surface area contributed by atoms with Gasteiger partial charge in [0.15, 0.2) is 9.84 Å². The zero-order chi connectivity index (χ0) is 14.0. The van der Waals surface area contributed by atoms with Crippen LogP contribution < -0.4 is 4.74 Å². The predicted octanol–water partition coefficient (Wildman–Crippen LogP) is 2.69. The van der Waals surface area contributed by atoms with Crippen LogP contribution in [0.1, 0.15) is 19.3 Å². The molecule has 0 saturated heterocycles. The van der Waals surface area contributed by atoms with Gasteiger partial charge in [-0.05, 0) is 31.4 Å². The summed E-state index contributed by atoms with van der Waals surface area (Å²) in [7, 11) is -0.280. The van der Waals surface area contributed by atoms with Crippen LogP contribution in [0.3, 0.4) is 0 Å². The Bertz CT molecular complexity index is 556. The maximum Gasteiger partial charge on any atom is 0.182 e. The highest BCUT2D eigenvalue weighted by Gasteiger charge is 2.36. The molecule has 0 radical (unpaired) electrons. The molecule has 2 rings (SSSR count). The molecule has 0 aliphatic heterocycles. The SMILES string of the molecule is COc1ccc(S(=O)(=O)[C@@H]2CC[C@@H](OC)C2)c(Cl)c1. The minimum absolute atomic E-state index is 0.0248. The number of hydrogen-bond acceptors (Lipinski definition) is 4. The summed E-state index contributed by atoms with van der Waals surface area (Å²) in [4.78, 5) is 0.178. The summed E-state index contributed by atoms with van der Waals surface area (Å²) in [6, 6.07) is 4.65. The van der Waals surface area contributed by atoms with E-state index < -0.39 is 15.1 Å². The van der Waals surface area contributed by atoms with Crippen molar-refractivity contribution >= 4 is 21.4 Å². The minimum atomic E-state index is -3.40. The fourth-order valence-electron chi connectivity index (χ4n) is 2.42. The smallest absolute Gasteiger partial charge is 0.182 e. The zero-order valence-electron chi connectivity index (χ0n) is 10.9. The van der Waals surface area contributed by atoms with Gasteiger partial charge in [-0.25, -0.2) is 8.42 Å². The molecular formula is C13H17ClO4S. The highest BCUT2D eigenvalue weighted by Crippen LogP contribution is 2.35. The van der Waals surface area contributed by atoms with Crippen LogP contribution in [0, 0.1) is 0 Å². The van der Waals surface area contributed by atoms with E-state index in [2.05, 4.69) is 0 Å². The molecule has 2 atom stereocenters. The standard InChI is InChI=1S/C13H17ClO4S/c1-17-9-3-5-11(7-9)19(15,16)13-6-4-10(18-2)8-12(13)14/h4,6,8-9,11H,3,5,7H2,1-2H3/t9-,11-/m1/s1. The van der Waals surface area contributed by atoms with Gasteiger partial charge in [-0.3, -0.25) is 0 Å². The van der Waals surface area contributed by atoms with Crippen molar-refractivity contribution in [2.24, 2.45) is 0 Å². The summed E-state index contributed by atoms with van der Waals surface area (Å²) in [5, 5.41) is -0.205. The van der Waals surface area contributed by atoms with Crippen molar-refractivity contribution in [3.63, 3.8) is 0 Å². The van der Waals surface area contributed by atoms with Crippen LogP contribution in [0.15, 0.2) is 23.1 Å². The molecule has 106 valence electrons. The Labute approximate surface area is 118 Å². The average molecular weight is 305 g/mol. The Kier molecular flexibility index (Phi) is 4.38. The molecule has 0 bridgehead atoms. The van der Waals surface area contributed by atoms with Crippen LogP contribution >= 0.6 is 11.6 Å². The Morgan fingerprint density at radius 2 is 2.00 bits per heavy atom. The number of halogens is 1. The maximum absolute atomic E-state index is 12.5. The summed E-state index contributed by atoms with van der Waals surface area (Å²) in [6.45, 7) is 0. The molecule has 0 unspecified atom stereocenters. The molecule has 19 heavy (non-hydrogen) atoms. The average Bonchev–Trinajstić information content (AvgIpc) is 2.87. The van der Waals surface area contributed by atoms with Gasteiger partial charge in [0.25, 0.3) is 0 Å². The second kappa shape index (κ2) is 5.69. The van der Waals surface area contributed by atoms with Crippen LogP contribution in [-0.2, 0) is 14.6 Å².